The number of amides is 1. The van der Waals surface area contributed by atoms with Crippen molar-refractivity contribution >= 4 is 22.9 Å². The summed E-state index contributed by atoms with van der Waals surface area (Å²) >= 11 is 0. The predicted molar refractivity (Wildman–Crippen MR) is 134 cm³/mol. The van der Waals surface area contributed by atoms with Crippen molar-refractivity contribution in [2.24, 2.45) is 5.92 Å². The molecule has 0 aliphatic carbocycles. The lowest BCUT2D eigenvalue weighted by atomic mass is 10.0. The first-order valence-corrected chi connectivity index (χ1v) is 12.9. The van der Waals surface area contributed by atoms with Crippen LogP contribution in [0.5, 0.6) is 0 Å². The number of morpholine rings is 1. The van der Waals surface area contributed by atoms with E-state index in [0.29, 0.717) is 86.8 Å². The Kier molecular flexibility index (Phi) is 7.78. The lowest BCUT2D eigenvalue weighted by molar-refractivity contribution is 0.114. The summed E-state index contributed by atoms with van der Waals surface area (Å²) in [7, 11) is 0. The number of imidazole rings is 1. The summed E-state index contributed by atoms with van der Waals surface area (Å²) in [6.07, 6.45) is 0.308. The van der Waals surface area contributed by atoms with Gasteiger partial charge in [-0.25, -0.2) is 28.5 Å². The van der Waals surface area contributed by atoms with Crippen LogP contribution in [0.1, 0.15) is 44.3 Å². The molecular weight excluding hydrogens is 482 g/mol. The van der Waals surface area contributed by atoms with Crippen LogP contribution in [0.3, 0.4) is 0 Å². The van der Waals surface area contributed by atoms with Crippen LogP contribution in [0.4, 0.5) is 19.4 Å². The Labute approximate surface area is 214 Å². The minimum Gasteiger partial charge on any atom is -0.450 e. The molecule has 2 aliphatic rings. The Morgan fingerprint density at radius 3 is 2.70 bits per heavy atom. The highest BCUT2D eigenvalue weighted by Crippen LogP contribution is 2.29. The molecule has 37 heavy (non-hydrogen) atoms. The van der Waals surface area contributed by atoms with Gasteiger partial charge in [0.1, 0.15) is 17.5 Å². The molecule has 4 heterocycles. The molecule has 2 fully saturated rings. The molecule has 1 amide bonds. The van der Waals surface area contributed by atoms with Crippen LogP contribution in [0.25, 0.3) is 16.9 Å². The van der Waals surface area contributed by atoms with Gasteiger partial charge in [-0.3, -0.25) is 4.57 Å². The van der Waals surface area contributed by atoms with Crippen molar-refractivity contribution in [2.45, 2.75) is 39.0 Å². The minimum atomic E-state index is -2.75. The third-order valence-electron chi connectivity index (χ3n) is 6.92. The number of para-hydroxylation sites is 2. The van der Waals surface area contributed by atoms with E-state index < -0.39 is 6.43 Å². The van der Waals surface area contributed by atoms with Crippen LogP contribution in [0.2, 0.25) is 0 Å². The smallest absolute Gasteiger partial charge is 0.409 e. The number of benzene rings is 1. The SMILES string of the molecule is CCOC(=O)N1CCC(CCCc2nc(N3CCOCC3)cc(-n3c(C(F)F)nc4ccccc43)n2)C1. The fraction of sp³-hybridized carbons (Fsp3) is 0.538. The van der Waals surface area contributed by atoms with Crippen LogP contribution < -0.4 is 4.90 Å². The van der Waals surface area contributed by atoms with E-state index >= 15 is 0 Å². The second-order valence-electron chi connectivity index (χ2n) is 9.39. The van der Waals surface area contributed by atoms with Crippen LogP contribution in [-0.4, -0.2) is 76.5 Å². The summed E-state index contributed by atoms with van der Waals surface area (Å²) in [6, 6.07) is 8.86. The molecule has 1 aromatic carbocycles. The number of nitrogens with zero attached hydrogens (tertiary/aromatic N) is 6. The number of anilines is 1. The van der Waals surface area contributed by atoms with Crippen molar-refractivity contribution in [3.63, 3.8) is 0 Å². The Bertz CT molecular complexity index is 1230. The number of fused-ring (bicyclic) bond motifs is 1. The fourth-order valence-electron chi connectivity index (χ4n) is 5.08. The van der Waals surface area contributed by atoms with Gasteiger partial charge >= 0.3 is 6.09 Å². The maximum Gasteiger partial charge on any atom is 0.409 e. The van der Waals surface area contributed by atoms with Crippen LogP contribution >= 0.6 is 0 Å². The Balaban J connectivity index is 1.39. The molecule has 2 aliphatic heterocycles. The van der Waals surface area contributed by atoms with Gasteiger partial charge in [-0.15, -0.1) is 0 Å². The topological polar surface area (TPSA) is 85.6 Å². The Morgan fingerprint density at radius 1 is 1.14 bits per heavy atom. The van der Waals surface area contributed by atoms with Crippen molar-refractivity contribution in [1.82, 2.24) is 24.4 Å². The Hall–Kier alpha value is -3.34. The number of likely N-dealkylation sites (tertiary alicyclic amines) is 1. The van der Waals surface area contributed by atoms with E-state index in [1.807, 2.05) is 13.0 Å². The molecule has 0 radical (unpaired) electrons. The van der Waals surface area contributed by atoms with E-state index in [2.05, 4.69) is 9.88 Å². The number of hydrogen-bond acceptors (Lipinski definition) is 7. The van der Waals surface area contributed by atoms with Gasteiger partial charge in [0.15, 0.2) is 5.82 Å². The zero-order valence-electron chi connectivity index (χ0n) is 21.0. The first kappa shape index (κ1) is 25.3. The number of aromatic nitrogens is 4. The van der Waals surface area contributed by atoms with Crippen LogP contribution in [0.15, 0.2) is 30.3 Å². The van der Waals surface area contributed by atoms with Gasteiger partial charge in [-0.2, -0.15) is 0 Å². The number of carbonyl (C=O) groups is 1. The first-order valence-electron chi connectivity index (χ1n) is 12.9. The van der Waals surface area contributed by atoms with Gasteiger partial charge in [0.2, 0.25) is 0 Å². The van der Waals surface area contributed by atoms with Crippen molar-refractivity contribution < 1.29 is 23.0 Å². The van der Waals surface area contributed by atoms with Gasteiger partial charge in [-0.1, -0.05) is 12.1 Å². The monoisotopic (exact) mass is 514 g/mol. The average Bonchev–Trinajstić information content (AvgIpc) is 3.54. The Morgan fingerprint density at radius 2 is 1.92 bits per heavy atom. The maximum atomic E-state index is 14.0. The molecule has 11 heteroatoms. The van der Waals surface area contributed by atoms with Gasteiger partial charge in [-0.05, 0) is 44.2 Å². The van der Waals surface area contributed by atoms with Crippen molar-refractivity contribution in [3.05, 3.63) is 42.0 Å². The van der Waals surface area contributed by atoms with E-state index in [-0.39, 0.29) is 11.9 Å². The normalized spacial score (nSPS) is 18.2. The summed E-state index contributed by atoms with van der Waals surface area (Å²) in [5.74, 6) is 1.77. The largest absolute Gasteiger partial charge is 0.450 e. The number of rotatable bonds is 8. The molecule has 1 unspecified atom stereocenters. The second-order valence-corrected chi connectivity index (χ2v) is 9.39. The number of ether oxygens (including phenoxy) is 2. The number of halogens is 2. The van der Waals surface area contributed by atoms with E-state index in [0.717, 1.165) is 19.3 Å². The molecule has 2 saturated heterocycles. The van der Waals surface area contributed by atoms with Crippen LogP contribution in [-0.2, 0) is 15.9 Å². The molecule has 5 rings (SSSR count). The number of hydrogen-bond donors (Lipinski definition) is 0. The quantitative estimate of drug-likeness (QED) is 0.441. The van der Waals surface area contributed by atoms with Gasteiger partial charge in [0.05, 0.1) is 30.9 Å². The molecule has 3 aromatic rings. The highest BCUT2D eigenvalue weighted by Gasteiger charge is 2.27. The number of carbonyl (C=O) groups excluding carboxylic acids is 1. The number of alkyl halides is 2. The second kappa shape index (κ2) is 11.4. The molecule has 0 saturated carbocycles. The van der Waals surface area contributed by atoms with Gasteiger partial charge < -0.3 is 19.3 Å². The highest BCUT2D eigenvalue weighted by molar-refractivity contribution is 5.78. The molecule has 0 N–H and O–H groups in total. The highest BCUT2D eigenvalue weighted by atomic mass is 19.3. The minimum absolute atomic E-state index is 0.251. The van der Waals surface area contributed by atoms with Crippen molar-refractivity contribution in [2.75, 3.05) is 50.9 Å². The molecule has 0 bridgehead atoms. The zero-order valence-corrected chi connectivity index (χ0v) is 21.0. The predicted octanol–water partition coefficient (Wildman–Crippen LogP) is 4.39. The van der Waals surface area contributed by atoms with E-state index in [1.54, 1.807) is 29.2 Å². The summed E-state index contributed by atoms with van der Waals surface area (Å²) in [5.41, 5.74) is 1.08. The average molecular weight is 515 g/mol. The molecule has 0 spiro atoms. The summed E-state index contributed by atoms with van der Waals surface area (Å²) in [4.78, 5) is 29.6. The zero-order chi connectivity index (χ0) is 25.8. The lowest BCUT2D eigenvalue weighted by Gasteiger charge is -2.28. The summed E-state index contributed by atoms with van der Waals surface area (Å²) in [5, 5.41) is 0. The van der Waals surface area contributed by atoms with Crippen molar-refractivity contribution in [1.29, 1.82) is 0 Å². The van der Waals surface area contributed by atoms with E-state index in [1.165, 1.54) is 4.57 Å². The lowest BCUT2D eigenvalue weighted by Crippen LogP contribution is -2.37. The molecule has 1 atom stereocenters. The molecule has 2 aromatic heterocycles. The standard InChI is InChI=1S/C26H32F2N6O3/c1-2-37-26(35)33-11-10-18(17-33)6-5-9-21-30-22(32-12-14-36-15-13-32)16-23(31-21)34-20-8-4-3-7-19(20)29-25(34)24(27)28/h3-4,7-8,16,18,24H,2,5-6,9-15,17H2,1H3. The fourth-order valence-corrected chi connectivity index (χ4v) is 5.08. The summed E-state index contributed by atoms with van der Waals surface area (Å²) < 4.78 is 40.1. The number of aryl methyl sites for hydroxylation is 1. The maximum absolute atomic E-state index is 14.0. The van der Waals surface area contributed by atoms with E-state index in [4.69, 9.17) is 19.4 Å². The van der Waals surface area contributed by atoms with E-state index in [9.17, 15) is 13.6 Å². The third-order valence-corrected chi connectivity index (χ3v) is 6.92. The van der Waals surface area contributed by atoms with Crippen LogP contribution in [0, 0.1) is 5.92 Å². The molecular formula is C26H32F2N6O3. The van der Waals surface area contributed by atoms with Gasteiger partial charge in [0.25, 0.3) is 6.43 Å². The van der Waals surface area contributed by atoms with Crippen molar-refractivity contribution in [3.8, 4) is 5.82 Å². The van der Waals surface area contributed by atoms with Gasteiger partial charge in [0, 0.05) is 38.7 Å². The molecule has 198 valence electrons. The third kappa shape index (κ3) is 5.66. The first-order chi connectivity index (χ1) is 18.0. The summed E-state index contributed by atoms with van der Waals surface area (Å²) in [6.45, 7) is 6.10. The molecule has 9 nitrogen and oxygen atoms in total.